The molecule has 0 unspecified atom stereocenters. The van der Waals surface area contributed by atoms with Crippen molar-refractivity contribution in [3.63, 3.8) is 0 Å². The average Bonchev–Trinajstić information content (AvgIpc) is 3.35. The number of hydrogen-bond acceptors (Lipinski definition) is 6. The Morgan fingerprint density at radius 1 is 1.17 bits per heavy atom. The summed E-state index contributed by atoms with van der Waals surface area (Å²) in [6.07, 6.45) is 6.76. The van der Waals surface area contributed by atoms with Gasteiger partial charge >= 0.3 is 0 Å². The van der Waals surface area contributed by atoms with Crippen LogP contribution < -0.4 is 10.1 Å². The number of furan rings is 1. The molecule has 0 atom stereocenters. The number of nitrogens with one attached hydrogen (secondary N) is 1. The number of hydrogen-bond donors (Lipinski definition) is 1. The van der Waals surface area contributed by atoms with Gasteiger partial charge in [0.2, 0.25) is 11.7 Å². The molecule has 1 saturated carbocycles. The molecule has 0 spiro atoms. The first-order valence-electron chi connectivity index (χ1n) is 8.24. The van der Waals surface area contributed by atoms with E-state index in [1.165, 1.54) is 12.8 Å². The fourth-order valence-corrected chi connectivity index (χ4v) is 2.89. The molecule has 3 aromatic rings. The Labute approximate surface area is 139 Å². The first-order chi connectivity index (χ1) is 11.9. The highest BCUT2D eigenvalue weighted by atomic mass is 16.5. The van der Waals surface area contributed by atoms with Crippen LogP contribution in [0.5, 0.6) is 5.75 Å². The largest absolute Gasteiger partial charge is 0.490 e. The zero-order valence-electron chi connectivity index (χ0n) is 13.3. The molecule has 1 aromatic carbocycles. The van der Waals surface area contributed by atoms with Crippen molar-refractivity contribution in [2.45, 2.75) is 38.3 Å². The Hall–Kier alpha value is -2.76. The molecule has 124 valence electrons. The highest BCUT2D eigenvalue weighted by molar-refractivity contribution is 5.48. The van der Waals surface area contributed by atoms with Crippen LogP contribution in [0.25, 0.3) is 11.6 Å². The van der Waals surface area contributed by atoms with E-state index in [0.29, 0.717) is 30.1 Å². The number of benzene rings is 1. The van der Waals surface area contributed by atoms with E-state index in [-0.39, 0.29) is 0 Å². The Kier molecular flexibility index (Phi) is 4.18. The minimum atomic E-state index is 0.354. The summed E-state index contributed by atoms with van der Waals surface area (Å²) in [7, 11) is 0. The average molecular weight is 325 g/mol. The second-order valence-corrected chi connectivity index (χ2v) is 5.89. The van der Waals surface area contributed by atoms with Crippen molar-refractivity contribution < 1.29 is 13.7 Å². The predicted molar refractivity (Wildman–Crippen MR) is 88.7 cm³/mol. The predicted octanol–water partition coefficient (Wildman–Crippen LogP) is 4.26. The molecular formula is C18H19N3O3. The van der Waals surface area contributed by atoms with Crippen molar-refractivity contribution in [1.82, 2.24) is 10.1 Å². The standard InChI is InChI=1S/C18H19N3O3/c1-2-7-14(6-1)23-15-8-3-5-13(11-15)19-12-17-20-18(21-24-17)16-9-4-10-22-16/h3-5,8-11,14,19H,1-2,6-7,12H2. The molecule has 4 rings (SSSR count). The first-order valence-corrected chi connectivity index (χ1v) is 8.24. The van der Waals surface area contributed by atoms with Gasteiger partial charge in [0.05, 0.1) is 18.9 Å². The summed E-state index contributed by atoms with van der Waals surface area (Å²) in [5.41, 5.74) is 0.961. The van der Waals surface area contributed by atoms with Crippen LogP contribution in [0.3, 0.4) is 0 Å². The van der Waals surface area contributed by atoms with Gasteiger partial charge in [0.15, 0.2) is 5.76 Å². The van der Waals surface area contributed by atoms with Crippen LogP contribution in [0.15, 0.2) is 51.6 Å². The Morgan fingerprint density at radius 3 is 2.92 bits per heavy atom. The van der Waals surface area contributed by atoms with E-state index in [2.05, 4.69) is 15.5 Å². The van der Waals surface area contributed by atoms with E-state index in [1.807, 2.05) is 24.3 Å². The van der Waals surface area contributed by atoms with Gasteiger partial charge in [0.1, 0.15) is 5.75 Å². The zero-order valence-corrected chi connectivity index (χ0v) is 13.3. The lowest BCUT2D eigenvalue weighted by atomic mass is 10.2. The van der Waals surface area contributed by atoms with Crippen molar-refractivity contribution in [3.05, 3.63) is 48.6 Å². The summed E-state index contributed by atoms with van der Waals surface area (Å²) in [5, 5.41) is 7.19. The van der Waals surface area contributed by atoms with Crippen molar-refractivity contribution in [2.24, 2.45) is 0 Å². The highest BCUT2D eigenvalue weighted by Crippen LogP contribution is 2.26. The van der Waals surface area contributed by atoms with Gasteiger partial charge in [0, 0.05) is 11.8 Å². The first kappa shape index (κ1) is 14.8. The van der Waals surface area contributed by atoms with Gasteiger partial charge in [-0.3, -0.25) is 0 Å². The summed E-state index contributed by atoms with van der Waals surface area (Å²) in [4.78, 5) is 4.31. The molecule has 6 nitrogen and oxygen atoms in total. The monoisotopic (exact) mass is 325 g/mol. The minimum absolute atomic E-state index is 0.354. The minimum Gasteiger partial charge on any atom is -0.490 e. The fourth-order valence-electron chi connectivity index (χ4n) is 2.89. The maximum atomic E-state index is 6.02. The summed E-state index contributed by atoms with van der Waals surface area (Å²) in [5.74, 6) is 2.45. The van der Waals surface area contributed by atoms with Gasteiger partial charge in [-0.2, -0.15) is 4.98 Å². The van der Waals surface area contributed by atoms with E-state index < -0.39 is 0 Å². The zero-order chi connectivity index (χ0) is 16.2. The topological polar surface area (TPSA) is 73.3 Å². The van der Waals surface area contributed by atoms with Gasteiger partial charge in [-0.05, 0) is 49.9 Å². The van der Waals surface area contributed by atoms with Gasteiger partial charge in [-0.1, -0.05) is 11.2 Å². The summed E-state index contributed by atoms with van der Waals surface area (Å²) < 4.78 is 16.5. The van der Waals surface area contributed by atoms with Crippen molar-refractivity contribution in [1.29, 1.82) is 0 Å². The molecule has 2 heterocycles. The molecule has 0 aliphatic heterocycles. The van der Waals surface area contributed by atoms with Crippen LogP contribution in [0, 0.1) is 0 Å². The number of ether oxygens (including phenoxy) is 1. The van der Waals surface area contributed by atoms with Crippen LogP contribution in [-0.4, -0.2) is 16.2 Å². The van der Waals surface area contributed by atoms with E-state index in [4.69, 9.17) is 13.7 Å². The fraction of sp³-hybridized carbons (Fsp3) is 0.333. The Morgan fingerprint density at radius 2 is 2.08 bits per heavy atom. The van der Waals surface area contributed by atoms with Crippen molar-refractivity contribution in [2.75, 3.05) is 5.32 Å². The number of anilines is 1. The van der Waals surface area contributed by atoms with Crippen LogP contribution in [0.1, 0.15) is 31.6 Å². The third-order valence-corrected chi connectivity index (χ3v) is 4.09. The molecule has 0 saturated heterocycles. The lowest BCUT2D eigenvalue weighted by Gasteiger charge is -2.14. The summed E-state index contributed by atoms with van der Waals surface area (Å²) in [6.45, 7) is 0.445. The van der Waals surface area contributed by atoms with Crippen LogP contribution >= 0.6 is 0 Å². The Bertz CT molecular complexity index is 776. The Balaban J connectivity index is 1.37. The van der Waals surface area contributed by atoms with E-state index in [0.717, 1.165) is 24.3 Å². The molecule has 24 heavy (non-hydrogen) atoms. The van der Waals surface area contributed by atoms with Crippen molar-refractivity contribution >= 4 is 5.69 Å². The molecule has 0 bridgehead atoms. The lowest BCUT2D eigenvalue weighted by Crippen LogP contribution is -2.11. The van der Waals surface area contributed by atoms with Crippen molar-refractivity contribution in [3.8, 4) is 17.3 Å². The van der Waals surface area contributed by atoms with Gasteiger partial charge in [-0.25, -0.2) is 0 Å². The molecule has 0 radical (unpaired) electrons. The number of aromatic nitrogens is 2. The molecular weight excluding hydrogens is 306 g/mol. The second kappa shape index (κ2) is 6.78. The highest BCUT2D eigenvalue weighted by Gasteiger charge is 2.16. The van der Waals surface area contributed by atoms with Crippen LogP contribution in [0.4, 0.5) is 5.69 Å². The van der Waals surface area contributed by atoms with E-state index in [9.17, 15) is 0 Å². The van der Waals surface area contributed by atoms with E-state index >= 15 is 0 Å². The molecule has 1 aliphatic carbocycles. The van der Waals surface area contributed by atoms with Gasteiger partial charge in [0.25, 0.3) is 0 Å². The normalized spacial score (nSPS) is 14.8. The molecule has 6 heteroatoms. The smallest absolute Gasteiger partial charge is 0.246 e. The molecule has 1 N–H and O–H groups in total. The third kappa shape index (κ3) is 3.42. The molecule has 1 aliphatic rings. The van der Waals surface area contributed by atoms with Gasteiger partial charge in [-0.15, -0.1) is 0 Å². The quantitative estimate of drug-likeness (QED) is 0.730. The molecule has 1 fully saturated rings. The number of rotatable bonds is 6. The summed E-state index contributed by atoms with van der Waals surface area (Å²) >= 11 is 0. The van der Waals surface area contributed by atoms with E-state index in [1.54, 1.807) is 18.4 Å². The summed E-state index contributed by atoms with van der Waals surface area (Å²) in [6, 6.07) is 11.6. The maximum Gasteiger partial charge on any atom is 0.246 e. The molecule has 0 amide bonds. The SMILES string of the molecule is c1cc(NCc2nc(-c3ccco3)no2)cc(OC2CCCC2)c1. The van der Waals surface area contributed by atoms with Crippen LogP contribution in [-0.2, 0) is 6.54 Å². The number of nitrogens with zero attached hydrogens (tertiary/aromatic N) is 2. The lowest BCUT2D eigenvalue weighted by molar-refractivity contribution is 0.210. The maximum absolute atomic E-state index is 6.02. The third-order valence-electron chi connectivity index (χ3n) is 4.09. The molecule has 2 aromatic heterocycles. The van der Waals surface area contributed by atoms with Gasteiger partial charge < -0.3 is 19.0 Å². The second-order valence-electron chi connectivity index (χ2n) is 5.89. The van der Waals surface area contributed by atoms with Crippen LogP contribution in [0.2, 0.25) is 0 Å².